The van der Waals surface area contributed by atoms with Gasteiger partial charge in [0.05, 0.1) is 19.3 Å². The number of ketones is 1. The van der Waals surface area contributed by atoms with E-state index in [0.29, 0.717) is 19.3 Å². The first kappa shape index (κ1) is 22.4. The minimum absolute atomic E-state index is 0.125. The van der Waals surface area contributed by atoms with E-state index in [2.05, 4.69) is 0 Å². The highest BCUT2D eigenvalue weighted by Gasteiger charge is 2.44. The Morgan fingerprint density at radius 3 is 2.52 bits per heavy atom. The number of allylic oxidation sites excluding steroid dienone is 2. The lowest BCUT2D eigenvalue weighted by Crippen LogP contribution is -2.59. The highest BCUT2D eigenvalue weighted by Crippen LogP contribution is 2.42. The normalized spacial score (nSPS) is 37.8. The Labute approximate surface area is 159 Å². The van der Waals surface area contributed by atoms with Gasteiger partial charge in [0.1, 0.15) is 24.4 Å². The van der Waals surface area contributed by atoms with Gasteiger partial charge in [-0.2, -0.15) is 0 Å². The standard InChI is InChI=1S/C19H32O8/c1-10-6-12(22)7-19(2,3)13(10)5-4-11(21)9-26-18-17(25)16(24)15(23)14(8-20)27-18/h6,11,13-18,20-21,23-25H,4-5,7-9H2,1-3H3. The third-order valence-corrected chi connectivity index (χ3v) is 5.60. The van der Waals surface area contributed by atoms with E-state index in [4.69, 9.17) is 14.6 Å². The summed E-state index contributed by atoms with van der Waals surface area (Å²) in [4.78, 5) is 11.7. The number of rotatable bonds is 7. The maximum Gasteiger partial charge on any atom is 0.186 e. The van der Waals surface area contributed by atoms with Gasteiger partial charge in [-0.25, -0.2) is 0 Å². The Balaban J connectivity index is 1.85. The molecule has 0 aromatic rings. The Morgan fingerprint density at radius 1 is 1.26 bits per heavy atom. The highest BCUT2D eigenvalue weighted by molar-refractivity contribution is 5.91. The lowest BCUT2D eigenvalue weighted by atomic mass is 9.66. The molecule has 0 radical (unpaired) electrons. The topological polar surface area (TPSA) is 137 Å². The maximum absolute atomic E-state index is 11.7. The molecule has 27 heavy (non-hydrogen) atoms. The van der Waals surface area contributed by atoms with E-state index in [1.165, 1.54) is 0 Å². The molecule has 0 amide bonds. The van der Waals surface area contributed by atoms with E-state index in [9.17, 15) is 25.2 Å². The smallest absolute Gasteiger partial charge is 0.186 e. The molecule has 8 heteroatoms. The number of hydrogen-bond donors (Lipinski definition) is 5. The molecule has 1 fully saturated rings. The SMILES string of the molecule is CC1=CC(=O)CC(C)(C)C1CCC(O)COC1OC(CO)C(O)C(O)C1O. The molecule has 7 atom stereocenters. The van der Waals surface area contributed by atoms with E-state index in [1.807, 2.05) is 20.8 Å². The minimum atomic E-state index is -1.51. The van der Waals surface area contributed by atoms with Crippen LogP contribution in [0, 0.1) is 11.3 Å². The summed E-state index contributed by atoms with van der Waals surface area (Å²) in [6.07, 6.45) is -4.28. The molecule has 8 nitrogen and oxygen atoms in total. The molecule has 0 saturated carbocycles. The summed E-state index contributed by atoms with van der Waals surface area (Å²) in [7, 11) is 0. The number of aliphatic hydroxyl groups is 5. The van der Waals surface area contributed by atoms with Gasteiger partial charge >= 0.3 is 0 Å². The molecule has 1 heterocycles. The van der Waals surface area contributed by atoms with E-state index in [1.54, 1.807) is 6.08 Å². The zero-order chi connectivity index (χ0) is 20.4. The number of hydrogen-bond acceptors (Lipinski definition) is 8. The summed E-state index contributed by atoms with van der Waals surface area (Å²) in [5.74, 6) is 0.303. The molecule has 1 aliphatic heterocycles. The van der Waals surface area contributed by atoms with Gasteiger partial charge in [-0.1, -0.05) is 19.4 Å². The van der Waals surface area contributed by atoms with Crippen molar-refractivity contribution in [1.29, 1.82) is 0 Å². The molecule has 156 valence electrons. The van der Waals surface area contributed by atoms with E-state index in [-0.39, 0.29) is 23.7 Å². The zero-order valence-corrected chi connectivity index (χ0v) is 16.1. The maximum atomic E-state index is 11.7. The number of ether oxygens (including phenoxy) is 2. The van der Waals surface area contributed by atoms with Gasteiger partial charge in [0.2, 0.25) is 0 Å². The highest BCUT2D eigenvalue weighted by atomic mass is 16.7. The van der Waals surface area contributed by atoms with Crippen LogP contribution < -0.4 is 0 Å². The fourth-order valence-corrected chi connectivity index (χ4v) is 4.07. The third kappa shape index (κ3) is 5.35. The van der Waals surface area contributed by atoms with Crippen LogP contribution in [0.3, 0.4) is 0 Å². The van der Waals surface area contributed by atoms with Crippen LogP contribution in [-0.4, -0.2) is 81.3 Å². The largest absolute Gasteiger partial charge is 0.394 e. The average molecular weight is 388 g/mol. The van der Waals surface area contributed by atoms with Crippen molar-refractivity contribution in [2.24, 2.45) is 11.3 Å². The van der Waals surface area contributed by atoms with Gasteiger partial charge in [-0.15, -0.1) is 0 Å². The molecule has 0 aromatic heterocycles. The van der Waals surface area contributed by atoms with Gasteiger partial charge in [-0.05, 0) is 37.2 Å². The molecule has 0 spiro atoms. The Morgan fingerprint density at radius 2 is 1.93 bits per heavy atom. The number of aliphatic hydroxyl groups excluding tert-OH is 5. The molecule has 7 unspecified atom stereocenters. The van der Waals surface area contributed by atoms with E-state index in [0.717, 1.165) is 5.57 Å². The van der Waals surface area contributed by atoms with Crippen molar-refractivity contribution < 1.29 is 39.8 Å². The van der Waals surface area contributed by atoms with Crippen LogP contribution in [0.25, 0.3) is 0 Å². The van der Waals surface area contributed by atoms with Crippen molar-refractivity contribution in [3.05, 3.63) is 11.6 Å². The predicted molar refractivity (Wildman–Crippen MR) is 95.6 cm³/mol. The Hall–Kier alpha value is -0.870. The molecule has 0 bridgehead atoms. The van der Waals surface area contributed by atoms with Gasteiger partial charge in [0.25, 0.3) is 0 Å². The van der Waals surface area contributed by atoms with Gasteiger partial charge in [0.15, 0.2) is 12.1 Å². The van der Waals surface area contributed by atoms with Crippen LogP contribution in [0.5, 0.6) is 0 Å². The summed E-state index contributed by atoms with van der Waals surface area (Å²) >= 11 is 0. The minimum Gasteiger partial charge on any atom is -0.394 e. The van der Waals surface area contributed by atoms with Crippen LogP contribution in [0.2, 0.25) is 0 Å². The second-order valence-electron chi connectivity index (χ2n) is 8.33. The summed E-state index contributed by atoms with van der Waals surface area (Å²) < 4.78 is 10.6. The molecular formula is C19H32O8. The van der Waals surface area contributed by atoms with Crippen molar-refractivity contribution in [3.8, 4) is 0 Å². The van der Waals surface area contributed by atoms with Crippen molar-refractivity contribution >= 4 is 5.78 Å². The second-order valence-corrected chi connectivity index (χ2v) is 8.33. The van der Waals surface area contributed by atoms with E-state index < -0.39 is 43.4 Å². The van der Waals surface area contributed by atoms with Crippen molar-refractivity contribution in [2.75, 3.05) is 13.2 Å². The van der Waals surface area contributed by atoms with Crippen LogP contribution in [-0.2, 0) is 14.3 Å². The van der Waals surface area contributed by atoms with Crippen LogP contribution in [0.1, 0.15) is 40.0 Å². The average Bonchev–Trinajstić information content (AvgIpc) is 2.57. The second kappa shape index (κ2) is 9.09. The van der Waals surface area contributed by atoms with Gasteiger partial charge < -0.3 is 35.0 Å². The Kier molecular flexibility index (Phi) is 7.54. The van der Waals surface area contributed by atoms with Gasteiger partial charge in [0, 0.05) is 6.42 Å². The molecule has 1 saturated heterocycles. The molecule has 2 rings (SSSR count). The van der Waals surface area contributed by atoms with Crippen LogP contribution in [0.4, 0.5) is 0 Å². The zero-order valence-electron chi connectivity index (χ0n) is 16.1. The monoisotopic (exact) mass is 388 g/mol. The lowest BCUT2D eigenvalue weighted by molar-refractivity contribution is -0.304. The van der Waals surface area contributed by atoms with E-state index >= 15 is 0 Å². The van der Waals surface area contributed by atoms with Gasteiger partial charge in [-0.3, -0.25) is 4.79 Å². The van der Waals surface area contributed by atoms with Crippen LogP contribution in [0.15, 0.2) is 11.6 Å². The molecule has 1 aliphatic carbocycles. The number of carbonyl (C=O) groups excluding carboxylic acids is 1. The van der Waals surface area contributed by atoms with Crippen molar-refractivity contribution in [3.63, 3.8) is 0 Å². The fourth-order valence-electron chi connectivity index (χ4n) is 4.07. The first-order chi connectivity index (χ1) is 12.6. The van der Waals surface area contributed by atoms with Crippen molar-refractivity contribution in [2.45, 2.75) is 76.8 Å². The van der Waals surface area contributed by atoms with Crippen LogP contribution >= 0.6 is 0 Å². The number of carbonyl (C=O) groups is 1. The predicted octanol–water partition coefficient (Wildman–Crippen LogP) is -0.494. The quantitative estimate of drug-likeness (QED) is 0.394. The summed E-state index contributed by atoms with van der Waals surface area (Å²) in [6.45, 7) is 5.36. The summed E-state index contributed by atoms with van der Waals surface area (Å²) in [5.41, 5.74) is 0.839. The molecule has 5 N–H and O–H groups in total. The first-order valence-corrected chi connectivity index (χ1v) is 9.38. The summed E-state index contributed by atoms with van der Waals surface area (Å²) in [5, 5.41) is 48.8. The molecule has 0 aromatic carbocycles. The third-order valence-electron chi connectivity index (χ3n) is 5.60. The first-order valence-electron chi connectivity index (χ1n) is 9.38. The fraction of sp³-hybridized carbons (Fsp3) is 0.842. The molecular weight excluding hydrogens is 356 g/mol. The lowest BCUT2D eigenvalue weighted by Gasteiger charge is -2.40. The van der Waals surface area contributed by atoms with Crippen molar-refractivity contribution in [1.82, 2.24) is 0 Å². The molecule has 2 aliphatic rings. The summed E-state index contributed by atoms with van der Waals surface area (Å²) in [6, 6.07) is 0. The Bertz CT molecular complexity index is 544.